The number of aryl methyl sites for hydroxylation is 1. The second-order valence-electron chi connectivity index (χ2n) is 4.22. The maximum atomic E-state index is 6.25. The van der Waals surface area contributed by atoms with Crippen LogP contribution in [0.15, 0.2) is 29.1 Å². The topological polar surface area (TPSA) is 42.7 Å². The Morgan fingerprint density at radius 3 is 2.89 bits per heavy atom. The van der Waals surface area contributed by atoms with E-state index in [1.54, 1.807) is 12.4 Å². The smallest absolute Gasteiger partial charge is 0.0773 e. The average Bonchev–Trinajstić information content (AvgIpc) is 2.75. The summed E-state index contributed by atoms with van der Waals surface area (Å²) in [4.78, 5) is 4.03. The van der Waals surface area contributed by atoms with Crippen molar-refractivity contribution in [2.24, 2.45) is 0 Å². The zero-order valence-corrected chi connectivity index (χ0v) is 13.2. The van der Waals surface area contributed by atoms with Gasteiger partial charge in [0, 0.05) is 18.9 Å². The zero-order chi connectivity index (χ0) is 13.8. The number of nitrogens with one attached hydrogen (secondary N) is 1. The van der Waals surface area contributed by atoms with Crippen molar-refractivity contribution in [1.82, 2.24) is 20.1 Å². The molecule has 1 unspecified atom stereocenters. The fourth-order valence-electron chi connectivity index (χ4n) is 2.11. The van der Waals surface area contributed by atoms with Crippen molar-refractivity contribution in [1.29, 1.82) is 0 Å². The summed E-state index contributed by atoms with van der Waals surface area (Å²) in [7, 11) is 1.91. The Morgan fingerprint density at radius 1 is 1.47 bits per heavy atom. The number of hydrogen-bond acceptors (Lipinski definition) is 3. The number of hydrogen-bond donors (Lipinski definition) is 1. The van der Waals surface area contributed by atoms with Crippen LogP contribution in [-0.4, -0.2) is 21.8 Å². The fraction of sp³-hybridized carbons (Fsp3) is 0.385. The van der Waals surface area contributed by atoms with Crippen LogP contribution < -0.4 is 5.32 Å². The minimum atomic E-state index is -0.0149. The van der Waals surface area contributed by atoms with E-state index in [-0.39, 0.29) is 6.04 Å². The quantitative estimate of drug-likeness (QED) is 0.904. The van der Waals surface area contributed by atoms with Gasteiger partial charge in [-0.2, -0.15) is 5.10 Å². The molecule has 2 aromatic heterocycles. The molecule has 0 aliphatic carbocycles. The van der Waals surface area contributed by atoms with Gasteiger partial charge in [-0.05, 0) is 41.0 Å². The summed E-state index contributed by atoms with van der Waals surface area (Å²) in [6, 6.07) is 1.91. The van der Waals surface area contributed by atoms with E-state index in [2.05, 4.69) is 38.3 Å². The molecule has 0 aliphatic rings. The predicted octanol–water partition coefficient (Wildman–Crippen LogP) is 3.41. The molecule has 2 rings (SSSR count). The van der Waals surface area contributed by atoms with Crippen LogP contribution in [0.4, 0.5) is 0 Å². The van der Waals surface area contributed by atoms with Crippen molar-refractivity contribution in [2.45, 2.75) is 25.9 Å². The lowest BCUT2D eigenvalue weighted by molar-refractivity contribution is 0.533. The third-order valence-corrected chi connectivity index (χ3v) is 3.87. The molecule has 0 spiro atoms. The van der Waals surface area contributed by atoms with E-state index in [4.69, 9.17) is 11.6 Å². The lowest BCUT2D eigenvalue weighted by Crippen LogP contribution is -2.22. The van der Waals surface area contributed by atoms with Crippen LogP contribution in [0.25, 0.3) is 0 Å². The lowest BCUT2D eigenvalue weighted by atomic mass is 10.1. The molecule has 0 radical (unpaired) electrons. The largest absolute Gasteiger partial charge is 0.308 e. The van der Waals surface area contributed by atoms with Crippen molar-refractivity contribution in [2.75, 3.05) is 7.05 Å². The highest BCUT2D eigenvalue weighted by molar-refractivity contribution is 9.10. The van der Waals surface area contributed by atoms with Crippen LogP contribution in [-0.2, 0) is 6.54 Å². The van der Waals surface area contributed by atoms with Crippen molar-refractivity contribution < 1.29 is 0 Å². The summed E-state index contributed by atoms with van der Waals surface area (Å²) < 4.78 is 2.98. The molecule has 4 nitrogen and oxygen atoms in total. The van der Waals surface area contributed by atoms with Gasteiger partial charge >= 0.3 is 0 Å². The van der Waals surface area contributed by atoms with E-state index in [1.807, 2.05) is 24.0 Å². The Morgan fingerprint density at radius 2 is 2.26 bits per heavy atom. The Hall–Kier alpha value is -0.910. The predicted molar refractivity (Wildman–Crippen MR) is 80.4 cm³/mol. The van der Waals surface area contributed by atoms with Crippen LogP contribution >= 0.6 is 27.5 Å². The summed E-state index contributed by atoms with van der Waals surface area (Å²) in [6.07, 6.45) is 6.27. The van der Waals surface area contributed by atoms with E-state index in [9.17, 15) is 0 Å². The molecule has 0 aliphatic heterocycles. The maximum Gasteiger partial charge on any atom is 0.0773 e. The average molecular weight is 344 g/mol. The van der Waals surface area contributed by atoms with Gasteiger partial charge in [0.1, 0.15) is 0 Å². The highest BCUT2D eigenvalue weighted by Gasteiger charge is 2.22. The maximum absolute atomic E-state index is 6.25. The molecule has 2 aromatic rings. The van der Waals surface area contributed by atoms with Gasteiger partial charge in [-0.1, -0.05) is 18.5 Å². The number of nitrogens with zero attached hydrogens (tertiary/aromatic N) is 3. The summed E-state index contributed by atoms with van der Waals surface area (Å²) >= 11 is 9.82. The molecule has 19 heavy (non-hydrogen) atoms. The highest BCUT2D eigenvalue weighted by atomic mass is 79.9. The second-order valence-corrected chi connectivity index (χ2v) is 5.48. The van der Waals surface area contributed by atoms with Crippen molar-refractivity contribution in [3.05, 3.63) is 45.4 Å². The first kappa shape index (κ1) is 14.5. The molecule has 0 fully saturated rings. The first-order chi connectivity index (χ1) is 9.19. The van der Waals surface area contributed by atoms with Gasteiger partial charge < -0.3 is 5.32 Å². The van der Waals surface area contributed by atoms with Crippen LogP contribution in [0.2, 0.25) is 5.02 Å². The number of rotatable bonds is 5. The van der Waals surface area contributed by atoms with Crippen molar-refractivity contribution >= 4 is 27.5 Å². The van der Waals surface area contributed by atoms with Crippen LogP contribution in [0.3, 0.4) is 0 Å². The standard InChI is InChI=1S/C13H16BrClN4/c1-3-6-19-13(10(14)7-18-19)12(16-2)9-4-5-17-8-11(9)15/h4-5,7-8,12,16H,3,6H2,1-2H3. The van der Waals surface area contributed by atoms with Gasteiger partial charge in [0.25, 0.3) is 0 Å². The monoisotopic (exact) mass is 342 g/mol. The van der Waals surface area contributed by atoms with Gasteiger partial charge in [-0.15, -0.1) is 0 Å². The first-order valence-corrected chi connectivity index (χ1v) is 7.34. The summed E-state index contributed by atoms with van der Waals surface area (Å²) in [5, 5.41) is 8.35. The molecule has 0 bridgehead atoms. The molecule has 102 valence electrons. The molecular weight excluding hydrogens is 328 g/mol. The zero-order valence-electron chi connectivity index (χ0n) is 10.9. The second kappa shape index (κ2) is 6.50. The molecule has 1 atom stereocenters. The molecule has 0 saturated heterocycles. The summed E-state index contributed by atoms with van der Waals surface area (Å²) in [6.45, 7) is 3.01. The van der Waals surface area contributed by atoms with Crippen LogP contribution in [0.1, 0.15) is 30.6 Å². The van der Waals surface area contributed by atoms with Crippen molar-refractivity contribution in [3.8, 4) is 0 Å². The van der Waals surface area contributed by atoms with Crippen LogP contribution in [0.5, 0.6) is 0 Å². The molecule has 1 N–H and O–H groups in total. The third-order valence-electron chi connectivity index (χ3n) is 2.95. The minimum absolute atomic E-state index is 0.0149. The minimum Gasteiger partial charge on any atom is -0.308 e. The first-order valence-electron chi connectivity index (χ1n) is 6.16. The molecule has 0 amide bonds. The summed E-state index contributed by atoms with van der Waals surface area (Å²) in [5.74, 6) is 0. The third kappa shape index (κ3) is 2.99. The van der Waals surface area contributed by atoms with E-state index in [1.165, 1.54) is 0 Å². The van der Waals surface area contributed by atoms with E-state index >= 15 is 0 Å². The fourth-order valence-corrected chi connectivity index (χ4v) is 2.86. The van der Waals surface area contributed by atoms with E-state index < -0.39 is 0 Å². The molecule has 0 aromatic carbocycles. The highest BCUT2D eigenvalue weighted by Crippen LogP contribution is 2.31. The molecular formula is C13H16BrClN4. The SMILES string of the molecule is CCCn1ncc(Br)c1C(NC)c1ccncc1Cl. The Bertz CT molecular complexity index is 555. The molecule has 2 heterocycles. The Balaban J connectivity index is 2.48. The van der Waals surface area contributed by atoms with Gasteiger partial charge in [-0.3, -0.25) is 9.67 Å². The molecule has 6 heteroatoms. The van der Waals surface area contributed by atoms with Gasteiger partial charge in [-0.25, -0.2) is 0 Å². The van der Waals surface area contributed by atoms with Gasteiger partial charge in [0.05, 0.1) is 27.4 Å². The lowest BCUT2D eigenvalue weighted by Gasteiger charge is -2.20. The van der Waals surface area contributed by atoms with Gasteiger partial charge in [0.2, 0.25) is 0 Å². The normalized spacial score (nSPS) is 12.6. The molecule has 0 saturated carbocycles. The van der Waals surface area contributed by atoms with Gasteiger partial charge in [0.15, 0.2) is 0 Å². The summed E-state index contributed by atoms with van der Waals surface area (Å²) in [5.41, 5.74) is 2.08. The van der Waals surface area contributed by atoms with E-state index in [0.29, 0.717) is 5.02 Å². The Kier molecular flexibility index (Phi) is 4.96. The van der Waals surface area contributed by atoms with Crippen molar-refractivity contribution in [3.63, 3.8) is 0 Å². The number of pyridine rings is 1. The Labute approximate surface area is 126 Å². The number of halogens is 2. The van der Waals surface area contributed by atoms with Crippen LogP contribution in [0, 0.1) is 0 Å². The van der Waals surface area contributed by atoms with E-state index in [0.717, 1.165) is 28.7 Å². The number of aromatic nitrogens is 3.